The van der Waals surface area contributed by atoms with Crippen LogP contribution < -0.4 is 19.5 Å². The SMILES string of the molecule is CCOc1cc(OC)c(CN(CCOCCOCCCC(=O)OC(C)(C)C)C(=O)C(CCCCCC(C)=O)NC(C)=O)c(OC)c1. The van der Waals surface area contributed by atoms with Crippen molar-refractivity contribution in [3.63, 3.8) is 0 Å². The molecule has 262 valence electrons. The molecule has 1 aromatic rings. The molecule has 0 radical (unpaired) electrons. The summed E-state index contributed by atoms with van der Waals surface area (Å²) in [6, 6.07) is 2.75. The largest absolute Gasteiger partial charge is 0.496 e. The molecule has 1 aromatic carbocycles. The Kier molecular flexibility index (Phi) is 19.6. The number of nitrogens with one attached hydrogen (secondary N) is 1. The van der Waals surface area contributed by atoms with Gasteiger partial charge in [-0.3, -0.25) is 14.4 Å². The molecule has 1 N–H and O–H groups in total. The van der Waals surface area contributed by atoms with Crippen LogP contribution >= 0.6 is 0 Å². The first-order chi connectivity index (χ1) is 21.8. The van der Waals surface area contributed by atoms with Gasteiger partial charge in [-0.05, 0) is 53.9 Å². The highest BCUT2D eigenvalue weighted by Gasteiger charge is 2.27. The van der Waals surface area contributed by atoms with Crippen molar-refractivity contribution in [2.45, 2.75) is 105 Å². The molecule has 46 heavy (non-hydrogen) atoms. The number of hydrogen-bond acceptors (Lipinski definition) is 10. The van der Waals surface area contributed by atoms with Gasteiger partial charge >= 0.3 is 5.97 Å². The Labute approximate surface area is 274 Å². The lowest BCUT2D eigenvalue weighted by molar-refractivity contribution is -0.155. The zero-order chi connectivity index (χ0) is 34.5. The zero-order valence-electron chi connectivity index (χ0n) is 29.2. The second kappa shape index (κ2) is 22.2. The van der Waals surface area contributed by atoms with Crippen molar-refractivity contribution in [2.75, 3.05) is 53.8 Å². The van der Waals surface area contributed by atoms with Crippen LogP contribution in [-0.2, 0) is 39.9 Å². The number of Topliss-reactive ketones (excluding diaryl/α,β-unsaturated/α-hetero) is 1. The fraction of sp³-hybridized carbons (Fsp3) is 0.706. The van der Waals surface area contributed by atoms with E-state index in [-0.39, 0.29) is 49.7 Å². The van der Waals surface area contributed by atoms with Gasteiger partial charge in [0.05, 0.1) is 52.8 Å². The first kappa shape index (κ1) is 40.6. The summed E-state index contributed by atoms with van der Waals surface area (Å²) in [5, 5.41) is 2.81. The lowest BCUT2D eigenvalue weighted by Crippen LogP contribution is -2.48. The second-order valence-electron chi connectivity index (χ2n) is 12.0. The quantitative estimate of drug-likeness (QED) is 0.124. The molecule has 1 atom stereocenters. The van der Waals surface area contributed by atoms with Crippen molar-refractivity contribution < 1.29 is 47.6 Å². The number of ketones is 1. The number of benzene rings is 1. The summed E-state index contributed by atoms with van der Waals surface area (Å²) in [6.45, 7) is 12.4. The summed E-state index contributed by atoms with van der Waals surface area (Å²) in [7, 11) is 3.08. The van der Waals surface area contributed by atoms with Gasteiger partial charge in [-0.25, -0.2) is 0 Å². The van der Waals surface area contributed by atoms with Gasteiger partial charge in [0, 0.05) is 45.0 Å². The number of carbonyl (C=O) groups excluding carboxylic acids is 4. The molecule has 0 aliphatic rings. The first-order valence-corrected chi connectivity index (χ1v) is 16.1. The molecule has 12 heteroatoms. The third-order valence-corrected chi connectivity index (χ3v) is 6.72. The predicted octanol–water partition coefficient (Wildman–Crippen LogP) is 4.63. The minimum atomic E-state index is -0.747. The number of hydrogen-bond donors (Lipinski definition) is 1. The van der Waals surface area contributed by atoms with Gasteiger partial charge in [-0.2, -0.15) is 0 Å². The van der Waals surface area contributed by atoms with Crippen molar-refractivity contribution in [3.05, 3.63) is 17.7 Å². The second-order valence-corrected chi connectivity index (χ2v) is 12.0. The molecule has 0 saturated carbocycles. The van der Waals surface area contributed by atoms with Gasteiger partial charge < -0.3 is 43.4 Å². The fourth-order valence-electron chi connectivity index (χ4n) is 4.65. The van der Waals surface area contributed by atoms with Crippen LogP contribution in [0.1, 0.15) is 92.1 Å². The maximum Gasteiger partial charge on any atom is 0.306 e. The third-order valence-electron chi connectivity index (χ3n) is 6.72. The van der Waals surface area contributed by atoms with Crippen molar-refractivity contribution >= 4 is 23.6 Å². The Morgan fingerprint density at radius 1 is 0.848 bits per heavy atom. The van der Waals surface area contributed by atoms with Gasteiger partial charge in [-0.15, -0.1) is 0 Å². The maximum atomic E-state index is 13.9. The molecule has 0 heterocycles. The van der Waals surface area contributed by atoms with E-state index in [1.54, 1.807) is 24.0 Å². The minimum absolute atomic E-state index is 0.130. The van der Waals surface area contributed by atoms with E-state index in [9.17, 15) is 19.2 Å². The number of carbonyl (C=O) groups is 4. The Balaban J connectivity index is 2.93. The number of ether oxygens (including phenoxy) is 6. The standard InChI is InChI=1S/C34H56N2O10/c1-9-45-27-22-30(41-7)28(31(23-27)42-8)24-36(33(40)29(35-26(3)38)15-12-10-11-14-25(2)37)17-19-44-21-20-43-18-13-16-32(39)46-34(4,5)6/h22-23,29H,9-21,24H2,1-8H3,(H,35,38). The van der Waals surface area contributed by atoms with Crippen LogP contribution in [0.3, 0.4) is 0 Å². The summed E-state index contributed by atoms with van der Waals surface area (Å²) in [4.78, 5) is 50.8. The molecular formula is C34H56N2O10. The summed E-state index contributed by atoms with van der Waals surface area (Å²) >= 11 is 0. The summed E-state index contributed by atoms with van der Waals surface area (Å²) in [5.41, 5.74) is 0.140. The molecule has 1 rings (SSSR count). The van der Waals surface area contributed by atoms with Gasteiger partial charge in [0.25, 0.3) is 0 Å². The van der Waals surface area contributed by atoms with E-state index in [4.69, 9.17) is 28.4 Å². The molecule has 1 unspecified atom stereocenters. The highest BCUT2D eigenvalue weighted by Crippen LogP contribution is 2.35. The smallest absolute Gasteiger partial charge is 0.306 e. The lowest BCUT2D eigenvalue weighted by Gasteiger charge is -2.29. The van der Waals surface area contributed by atoms with E-state index in [0.717, 1.165) is 12.8 Å². The molecule has 12 nitrogen and oxygen atoms in total. The number of esters is 1. The molecule has 2 amide bonds. The topological polar surface area (TPSA) is 139 Å². The number of methoxy groups -OCH3 is 2. The summed E-state index contributed by atoms with van der Waals surface area (Å²) in [5.74, 6) is 0.883. The molecule has 0 bridgehead atoms. The third kappa shape index (κ3) is 17.4. The normalized spacial score (nSPS) is 11.8. The van der Waals surface area contributed by atoms with E-state index >= 15 is 0 Å². The molecule has 0 aliphatic heterocycles. The van der Waals surface area contributed by atoms with E-state index < -0.39 is 11.6 Å². The molecule has 0 aromatic heterocycles. The van der Waals surface area contributed by atoms with E-state index in [2.05, 4.69) is 5.32 Å². The zero-order valence-corrected chi connectivity index (χ0v) is 29.2. The van der Waals surface area contributed by atoms with Crippen molar-refractivity contribution in [3.8, 4) is 17.2 Å². The molecule has 0 fully saturated rings. The fourth-order valence-corrected chi connectivity index (χ4v) is 4.65. The van der Waals surface area contributed by atoms with Crippen LogP contribution in [0, 0.1) is 0 Å². The van der Waals surface area contributed by atoms with E-state index in [1.165, 1.54) is 21.1 Å². The van der Waals surface area contributed by atoms with Gasteiger partial charge in [0.2, 0.25) is 11.8 Å². The van der Waals surface area contributed by atoms with E-state index in [0.29, 0.717) is 74.9 Å². The lowest BCUT2D eigenvalue weighted by atomic mass is 10.0. The van der Waals surface area contributed by atoms with Gasteiger partial charge in [0.1, 0.15) is 34.7 Å². The molecule has 0 saturated heterocycles. The average molecular weight is 653 g/mol. The number of nitrogens with zero attached hydrogens (tertiary/aromatic N) is 1. The monoisotopic (exact) mass is 652 g/mol. The predicted molar refractivity (Wildman–Crippen MR) is 174 cm³/mol. The average Bonchev–Trinajstić information content (AvgIpc) is 2.97. The van der Waals surface area contributed by atoms with Gasteiger partial charge in [-0.1, -0.05) is 12.8 Å². The minimum Gasteiger partial charge on any atom is -0.496 e. The Morgan fingerprint density at radius 2 is 1.48 bits per heavy atom. The van der Waals surface area contributed by atoms with Crippen LogP contribution in [0.5, 0.6) is 17.2 Å². The van der Waals surface area contributed by atoms with Crippen molar-refractivity contribution in [1.29, 1.82) is 0 Å². The van der Waals surface area contributed by atoms with Crippen molar-refractivity contribution in [2.24, 2.45) is 0 Å². The van der Waals surface area contributed by atoms with Crippen LogP contribution in [0.4, 0.5) is 0 Å². The molecule has 0 spiro atoms. The highest BCUT2D eigenvalue weighted by molar-refractivity contribution is 5.87. The summed E-state index contributed by atoms with van der Waals surface area (Å²) < 4.78 is 33.6. The first-order valence-electron chi connectivity index (χ1n) is 16.1. The summed E-state index contributed by atoms with van der Waals surface area (Å²) in [6.07, 6.45) is 3.93. The number of rotatable bonds is 24. The molecular weight excluding hydrogens is 596 g/mol. The van der Waals surface area contributed by atoms with Crippen molar-refractivity contribution in [1.82, 2.24) is 10.2 Å². The van der Waals surface area contributed by atoms with E-state index in [1.807, 2.05) is 27.7 Å². The Bertz CT molecular complexity index is 1060. The molecule has 0 aliphatic carbocycles. The Hall–Kier alpha value is -3.38. The van der Waals surface area contributed by atoms with Crippen LogP contribution in [-0.4, -0.2) is 93.9 Å². The highest BCUT2D eigenvalue weighted by atomic mass is 16.6. The van der Waals surface area contributed by atoms with Crippen LogP contribution in [0.25, 0.3) is 0 Å². The van der Waals surface area contributed by atoms with Crippen LogP contribution in [0.2, 0.25) is 0 Å². The maximum absolute atomic E-state index is 13.9. The number of unbranched alkanes of at least 4 members (excludes halogenated alkanes) is 2. The van der Waals surface area contributed by atoms with Crippen LogP contribution in [0.15, 0.2) is 12.1 Å². The van der Waals surface area contributed by atoms with Gasteiger partial charge in [0.15, 0.2) is 0 Å². The number of amides is 2. The Morgan fingerprint density at radius 3 is 2.02 bits per heavy atom.